The number of benzene rings is 2. The fraction of sp³-hybridized carbons (Fsp3) is 0.333. The first-order valence-electron chi connectivity index (χ1n) is 10.1. The van der Waals surface area contributed by atoms with Gasteiger partial charge < -0.3 is 10.1 Å². The summed E-state index contributed by atoms with van der Waals surface area (Å²) in [6.45, 7) is 6.43. The molecule has 0 aliphatic carbocycles. The van der Waals surface area contributed by atoms with Gasteiger partial charge in [-0.05, 0) is 43.3 Å². The van der Waals surface area contributed by atoms with Crippen LogP contribution in [0.3, 0.4) is 0 Å². The molecule has 0 spiro atoms. The van der Waals surface area contributed by atoms with Gasteiger partial charge in [-0.3, -0.25) is 4.90 Å². The highest BCUT2D eigenvalue weighted by Crippen LogP contribution is 2.28. The van der Waals surface area contributed by atoms with Gasteiger partial charge in [0.05, 0.1) is 36.1 Å². The zero-order valence-electron chi connectivity index (χ0n) is 17.0. The molecule has 4 rings (SSSR count). The Morgan fingerprint density at radius 2 is 1.90 bits per heavy atom. The average Bonchev–Trinajstić information content (AvgIpc) is 2.78. The molecule has 0 radical (unpaired) electrons. The summed E-state index contributed by atoms with van der Waals surface area (Å²) in [7, 11) is 1.97. The number of ether oxygens (including phenoxy) is 1. The number of aromatic nitrogens is 1. The number of fused-ring (bicyclic) bond motifs is 1. The molecule has 1 aliphatic rings. The van der Waals surface area contributed by atoms with Gasteiger partial charge in [0.25, 0.3) is 0 Å². The summed E-state index contributed by atoms with van der Waals surface area (Å²) in [5.41, 5.74) is 6.03. The number of morpholine rings is 1. The lowest BCUT2D eigenvalue weighted by Gasteiger charge is -2.27. The Morgan fingerprint density at radius 1 is 1.14 bits per heavy atom. The smallest absolute Gasteiger partial charge is 0.0992 e. The molecule has 1 aliphatic heterocycles. The van der Waals surface area contributed by atoms with E-state index in [1.54, 1.807) is 0 Å². The number of nitrogens with zero attached hydrogens (tertiary/aromatic N) is 3. The van der Waals surface area contributed by atoms with E-state index in [2.05, 4.69) is 53.5 Å². The van der Waals surface area contributed by atoms with E-state index in [1.807, 2.05) is 25.2 Å². The number of nitrogens with one attached hydrogen (secondary N) is 1. The highest BCUT2D eigenvalue weighted by atomic mass is 16.5. The molecule has 0 bridgehead atoms. The number of nitriles is 1. The van der Waals surface area contributed by atoms with Gasteiger partial charge in [0, 0.05) is 36.6 Å². The van der Waals surface area contributed by atoms with Crippen molar-refractivity contribution < 1.29 is 4.74 Å². The normalized spacial score (nSPS) is 15.9. The predicted octanol–water partition coefficient (Wildman–Crippen LogP) is 3.89. The Kier molecular flexibility index (Phi) is 5.86. The molecule has 1 unspecified atom stereocenters. The molecule has 0 saturated carbocycles. The Balaban J connectivity index is 1.76. The van der Waals surface area contributed by atoms with Crippen LogP contribution in [-0.4, -0.2) is 43.2 Å². The van der Waals surface area contributed by atoms with Crippen molar-refractivity contribution in [1.29, 1.82) is 5.26 Å². The zero-order valence-corrected chi connectivity index (χ0v) is 17.0. The summed E-state index contributed by atoms with van der Waals surface area (Å²) in [5, 5.41) is 13.7. The molecule has 5 heteroatoms. The van der Waals surface area contributed by atoms with Gasteiger partial charge >= 0.3 is 0 Å². The molecule has 3 aromatic rings. The number of pyridine rings is 1. The Labute approximate surface area is 171 Å². The van der Waals surface area contributed by atoms with Gasteiger partial charge in [-0.1, -0.05) is 30.3 Å². The Hall–Kier alpha value is -2.78. The van der Waals surface area contributed by atoms with Crippen molar-refractivity contribution in [2.75, 3.05) is 33.4 Å². The molecule has 1 saturated heterocycles. The maximum Gasteiger partial charge on any atom is 0.0992 e. The molecule has 2 aromatic carbocycles. The fourth-order valence-corrected chi connectivity index (χ4v) is 3.76. The minimum atomic E-state index is 0.309. The van der Waals surface area contributed by atoms with Gasteiger partial charge in [-0.2, -0.15) is 5.26 Å². The summed E-state index contributed by atoms with van der Waals surface area (Å²) in [4.78, 5) is 7.31. The van der Waals surface area contributed by atoms with Crippen molar-refractivity contribution in [3.63, 3.8) is 0 Å². The third kappa shape index (κ3) is 4.30. The van der Waals surface area contributed by atoms with Crippen molar-refractivity contribution in [3.05, 3.63) is 65.2 Å². The summed E-state index contributed by atoms with van der Waals surface area (Å²) in [6, 6.07) is 19.1. The van der Waals surface area contributed by atoms with Crippen LogP contribution >= 0.6 is 0 Å². The third-order valence-corrected chi connectivity index (χ3v) is 5.66. The lowest BCUT2D eigenvalue weighted by molar-refractivity contribution is 0.0344. The van der Waals surface area contributed by atoms with Gasteiger partial charge in [0.2, 0.25) is 0 Å². The van der Waals surface area contributed by atoms with Crippen molar-refractivity contribution in [3.8, 4) is 17.3 Å². The molecule has 5 nitrogen and oxygen atoms in total. The fourth-order valence-electron chi connectivity index (χ4n) is 3.76. The summed E-state index contributed by atoms with van der Waals surface area (Å²) in [6.07, 6.45) is 0. The molecule has 0 amide bonds. The highest BCUT2D eigenvalue weighted by Gasteiger charge is 2.15. The second-order valence-corrected chi connectivity index (χ2v) is 7.53. The Bertz CT molecular complexity index is 1030. The van der Waals surface area contributed by atoms with Crippen LogP contribution in [0.1, 0.15) is 29.7 Å². The van der Waals surface area contributed by atoms with Crippen LogP contribution in [0.5, 0.6) is 0 Å². The lowest BCUT2D eigenvalue weighted by Crippen LogP contribution is -2.35. The molecule has 2 heterocycles. The lowest BCUT2D eigenvalue weighted by atomic mass is 10.0. The summed E-state index contributed by atoms with van der Waals surface area (Å²) < 4.78 is 5.49. The molecule has 29 heavy (non-hydrogen) atoms. The zero-order chi connectivity index (χ0) is 20.2. The van der Waals surface area contributed by atoms with Crippen LogP contribution in [0.4, 0.5) is 0 Å². The molecule has 1 fully saturated rings. The quantitative estimate of drug-likeness (QED) is 0.721. The molecular weight excluding hydrogens is 360 g/mol. The first-order valence-corrected chi connectivity index (χ1v) is 10.1. The molecule has 148 valence electrons. The van der Waals surface area contributed by atoms with E-state index in [0.717, 1.165) is 55.0 Å². The van der Waals surface area contributed by atoms with E-state index < -0.39 is 0 Å². The Morgan fingerprint density at radius 3 is 2.59 bits per heavy atom. The van der Waals surface area contributed by atoms with Gasteiger partial charge in [-0.15, -0.1) is 0 Å². The van der Waals surface area contributed by atoms with Crippen LogP contribution in [0, 0.1) is 11.3 Å². The average molecular weight is 386 g/mol. The first kappa shape index (κ1) is 19.5. The van der Waals surface area contributed by atoms with E-state index in [1.165, 1.54) is 11.1 Å². The molecule has 1 atom stereocenters. The molecular formula is C24H26N4O. The molecule has 1 N–H and O–H groups in total. The van der Waals surface area contributed by atoms with E-state index in [0.29, 0.717) is 11.6 Å². The maximum atomic E-state index is 9.31. The highest BCUT2D eigenvalue weighted by molar-refractivity contribution is 5.86. The van der Waals surface area contributed by atoms with Crippen LogP contribution in [0.25, 0.3) is 22.2 Å². The van der Waals surface area contributed by atoms with Crippen molar-refractivity contribution >= 4 is 10.9 Å². The minimum Gasteiger partial charge on any atom is -0.379 e. The SMILES string of the molecule is CNC(C)c1ccc(-c2cc(CN3CCOCC3)c3ccc(C#N)cc3n2)cc1. The second-order valence-electron chi connectivity index (χ2n) is 7.53. The van der Waals surface area contributed by atoms with Crippen molar-refractivity contribution in [2.24, 2.45) is 0 Å². The van der Waals surface area contributed by atoms with Crippen LogP contribution < -0.4 is 5.32 Å². The number of hydrogen-bond acceptors (Lipinski definition) is 5. The number of hydrogen-bond donors (Lipinski definition) is 1. The van der Waals surface area contributed by atoms with E-state index in [4.69, 9.17) is 9.72 Å². The topological polar surface area (TPSA) is 61.2 Å². The van der Waals surface area contributed by atoms with Crippen LogP contribution in [-0.2, 0) is 11.3 Å². The van der Waals surface area contributed by atoms with E-state index in [9.17, 15) is 5.26 Å². The van der Waals surface area contributed by atoms with Gasteiger partial charge in [0.1, 0.15) is 0 Å². The van der Waals surface area contributed by atoms with E-state index >= 15 is 0 Å². The van der Waals surface area contributed by atoms with Gasteiger partial charge in [0.15, 0.2) is 0 Å². The van der Waals surface area contributed by atoms with Gasteiger partial charge in [-0.25, -0.2) is 4.98 Å². The second kappa shape index (κ2) is 8.71. The predicted molar refractivity (Wildman–Crippen MR) is 115 cm³/mol. The van der Waals surface area contributed by atoms with Crippen LogP contribution in [0.2, 0.25) is 0 Å². The minimum absolute atomic E-state index is 0.309. The van der Waals surface area contributed by atoms with Crippen LogP contribution in [0.15, 0.2) is 48.5 Å². The van der Waals surface area contributed by atoms with E-state index in [-0.39, 0.29) is 0 Å². The third-order valence-electron chi connectivity index (χ3n) is 5.66. The summed E-state index contributed by atoms with van der Waals surface area (Å²) >= 11 is 0. The van der Waals surface area contributed by atoms with Crippen molar-refractivity contribution in [1.82, 2.24) is 15.2 Å². The largest absolute Gasteiger partial charge is 0.379 e. The molecule has 1 aromatic heterocycles. The maximum absolute atomic E-state index is 9.31. The van der Waals surface area contributed by atoms with Crippen molar-refractivity contribution in [2.45, 2.75) is 19.5 Å². The number of rotatable bonds is 5. The summed E-state index contributed by atoms with van der Waals surface area (Å²) in [5.74, 6) is 0. The standard InChI is InChI=1S/C24H26N4O/c1-17(26-2)19-4-6-20(7-5-19)23-14-21(16-28-9-11-29-12-10-28)22-8-3-18(15-25)13-24(22)27-23/h3-8,13-14,17,26H,9-12,16H2,1-2H3. The monoisotopic (exact) mass is 386 g/mol. The first-order chi connectivity index (χ1) is 14.2.